The Kier molecular flexibility index (Phi) is 3.57. The second kappa shape index (κ2) is 5.33. The smallest absolute Gasteiger partial charge is 0.334 e. The zero-order chi connectivity index (χ0) is 15.6. The summed E-state index contributed by atoms with van der Waals surface area (Å²) < 4.78 is 5.28. The highest BCUT2D eigenvalue weighted by Gasteiger charge is 2.24. The van der Waals surface area contributed by atoms with Crippen molar-refractivity contribution in [3.05, 3.63) is 56.6 Å². The Morgan fingerprint density at radius 1 is 0.810 bits per heavy atom. The summed E-state index contributed by atoms with van der Waals surface area (Å²) in [7, 11) is 0. The second-order valence-corrected chi connectivity index (χ2v) is 4.00. The number of nitro benzene ring substituents is 2. The number of rotatable bonds is 4. The summed E-state index contributed by atoms with van der Waals surface area (Å²) in [5, 5.41) is 22.0. The standard InChI is InChI=1S/C12H10N4O5/c13-7-3-1-5-9(11(7)15(17)18)21-10-6-2-4-8(14)12(10)16(19)20/h1-6H,13-14H2. The number of hydrogen-bond acceptors (Lipinski definition) is 7. The highest BCUT2D eigenvalue weighted by atomic mass is 16.6. The van der Waals surface area contributed by atoms with Crippen LogP contribution in [0.15, 0.2) is 36.4 Å². The first kappa shape index (κ1) is 14.1. The number of nitrogens with two attached hydrogens (primary N) is 2. The molecule has 2 rings (SSSR count). The van der Waals surface area contributed by atoms with Gasteiger partial charge in [-0.15, -0.1) is 0 Å². The van der Waals surface area contributed by atoms with Gasteiger partial charge < -0.3 is 16.2 Å². The highest BCUT2D eigenvalue weighted by molar-refractivity contribution is 5.70. The van der Waals surface area contributed by atoms with Gasteiger partial charge in [-0.2, -0.15) is 0 Å². The molecule has 0 radical (unpaired) electrons. The molecule has 4 N–H and O–H groups in total. The topological polar surface area (TPSA) is 148 Å². The molecule has 0 heterocycles. The summed E-state index contributed by atoms with van der Waals surface area (Å²) in [5.41, 5.74) is 9.90. The molecule has 108 valence electrons. The van der Waals surface area contributed by atoms with Crippen molar-refractivity contribution in [3.63, 3.8) is 0 Å². The summed E-state index contributed by atoms with van der Waals surface area (Å²) in [6.07, 6.45) is 0. The van der Waals surface area contributed by atoms with Gasteiger partial charge in [0.25, 0.3) is 0 Å². The van der Waals surface area contributed by atoms with E-state index in [1.165, 1.54) is 36.4 Å². The molecule has 2 aromatic rings. The zero-order valence-electron chi connectivity index (χ0n) is 10.6. The van der Waals surface area contributed by atoms with Gasteiger partial charge in [-0.1, -0.05) is 12.1 Å². The lowest BCUT2D eigenvalue weighted by Gasteiger charge is -2.08. The number of ether oxygens (including phenoxy) is 1. The maximum atomic E-state index is 11.0. The molecule has 0 aromatic heterocycles. The van der Waals surface area contributed by atoms with Gasteiger partial charge in [-0.3, -0.25) is 20.2 Å². The van der Waals surface area contributed by atoms with Gasteiger partial charge in [-0.05, 0) is 24.3 Å². The van der Waals surface area contributed by atoms with E-state index >= 15 is 0 Å². The van der Waals surface area contributed by atoms with E-state index in [1.54, 1.807) is 0 Å². The van der Waals surface area contributed by atoms with Crippen LogP contribution in [0, 0.1) is 20.2 Å². The fourth-order valence-corrected chi connectivity index (χ4v) is 1.75. The third-order valence-corrected chi connectivity index (χ3v) is 2.65. The van der Waals surface area contributed by atoms with Crippen molar-refractivity contribution in [3.8, 4) is 11.5 Å². The van der Waals surface area contributed by atoms with Crippen LogP contribution in [-0.4, -0.2) is 9.85 Å². The number of benzene rings is 2. The van der Waals surface area contributed by atoms with E-state index in [-0.39, 0.29) is 22.9 Å². The van der Waals surface area contributed by atoms with Crippen LogP contribution in [0.4, 0.5) is 22.7 Å². The molecule has 0 unspecified atom stereocenters. The molecule has 2 aromatic carbocycles. The maximum Gasteiger partial charge on any atom is 0.334 e. The maximum absolute atomic E-state index is 11.0. The van der Waals surface area contributed by atoms with Gasteiger partial charge in [0.1, 0.15) is 11.4 Å². The number of nitro groups is 2. The summed E-state index contributed by atoms with van der Waals surface area (Å²) in [4.78, 5) is 20.6. The van der Waals surface area contributed by atoms with Gasteiger partial charge >= 0.3 is 11.4 Å². The summed E-state index contributed by atoms with van der Waals surface area (Å²) >= 11 is 0. The Bertz CT molecular complexity index is 670. The number of para-hydroxylation sites is 2. The van der Waals surface area contributed by atoms with Crippen molar-refractivity contribution in [1.29, 1.82) is 0 Å². The molecule has 0 atom stereocenters. The molecule has 9 heteroatoms. The lowest BCUT2D eigenvalue weighted by atomic mass is 10.2. The van der Waals surface area contributed by atoms with Crippen molar-refractivity contribution in [2.75, 3.05) is 11.5 Å². The summed E-state index contributed by atoms with van der Waals surface area (Å²) in [6, 6.07) is 8.13. The fraction of sp³-hybridized carbons (Fsp3) is 0. The van der Waals surface area contributed by atoms with Crippen molar-refractivity contribution >= 4 is 22.7 Å². The van der Waals surface area contributed by atoms with E-state index < -0.39 is 21.2 Å². The molecule has 0 spiro atoms. The SMILES string of the molecule is Nc1cccc(Oc2cccc(N)c2[N+](=O)[O-])c1[N+](=O)[O-]. The molecule has 0 aliphatic carbocycles. The van der Waals surface area contributed by atoms with Crippen molar-refractivity contribution in [2.45, 2.75) is 0 Å². The first-order valence-electron chi connectivity index (χ1n) is 5.65. The average Bonchev–Trinajstić information content (AvgIpc) is 2.37. The minimum absolute atomic E-state index is 0.107. The minimum Gasteiger partial charge on any atom is -0.443 e. The van der Waals surface area contributed by atoms with Gasteiger partial charge in [0.15, 0.2) is 0 Å². The van der Waals surface area contributed by atoms with E-state index in [1.807, 2.05) is 0 Å². The first-order chi connectivity index (χ1) is 9.91. The molecule has 0 fully saturated rings. The third kappa shape index (κ3) is 2.66. The normalized spacial score (nSPS) is 10.1. The van der Waals surface area contributed by atoms with Gasteiger partial charge in [0.2, 0.25) is 11.5 Å². The van der Waals surface area contributed by atoms with Crippen LogP contribution in [0.1, 0.15) is 0 Å². The van der Waals surface area contributed by atoms with Crippen LogP contribution in [0.3, 0.4) is 0 Å². The number of hydrogen-bond donors (Lipinski definition) is 2. The van der Waals surface area contributed by atoms with Crippen LogP contribution in [0.25, 0.3) is 0 Å². The molecule has 0 bridgehead atoms. The van der Waals surface area contributed by atoms with Crippen molar-refractivity contribution in [1.82, 2.24) is 0 Å². The van der Waals surface area contributed by atoms with Crippen LogP contribution in [0.5, 0.6) is 11.5 Å². The fourth-order valence-electron chi connectivity index (χ4n) is 1.75. The largest absolute Gasteiger partial charge is 0.443 e. The molecule has 0 saturated heterocycles. The molecular formula is C12H10N4O5. The second-order valence-electron chi connectivity index (χ2n) is 4.00. The third-order valence-electron chi connectivity index (χ3n) is 2.65. The summed E-state index contributed by atoms with van der Waals surface area (Å²) in [6.45, 7) is 0. The Morgan fingerprint density at radius 3 is 1.52 bits per heavy atom. The highest BCUT2D eigenvalue weighted by Crippen LogP contribution is 2.40. The Labute approximate surface area is 118 Å². The van der Waals surface area contributed by atoms with Crippen molar-refractivity contribution < 1.29 is 14.6 Å². The number of anilines is 2. The van der Waals surface area contributed by atoms with E-state index in [4.69, 9.17) is 16.2 Å². The first-order valence-corrected chi connectivity index (χ1v) is 5.65. The summed E-state index contributed by atoms with van der Waals surface area (Å²) in [5.74, 6) is -0.401. The van der Waals surface area contributed by atoms with E-state index in [9.17, 15) is 20.2 Å². The predicted octanol–water partition coefficient (Wildman–Crippen LogP) is 2.46. The van der Waals surface area contributed by atoms with E-state index in [2.05, 4.69) is 0 Å². The Morgan fingerprint density at radius 2 is 1.19 bits per heavy atom. The quantitative estimate of drug-likeness (QED) is 0.499. The Hall–Kier alpha value is -3.36. The molecule has 9 nitrogen and oxygen atoms in total. The molecule has 0 saturated carbocycles. The van der Waals surface area contributed by atoms with Crippen LogP contribution < -0.4 is 16.2 Å². The minimum atomic E-state index is -0.719. The zero-order valence-corrected chi connectivity index (χ0v) is 10.6. The molecule has 21 heavy (non-hydrogen) atoms. The van der Waals surface area contributed by atoms with Crippen LogP contribution in [-0.2, 0) is 0 Å². The van der Waals surface area contributed by atoms with Gasteiger partial charge in [0, 0.05) is 0 Å². The number of nitrogens with zero attached hydrogens (tertiary/aromatic N) is 2. The lowest BCUT2D eigenvalue weighted by molar-refractivity contribution is -0.386. The molecular weight excluding hydrogens is 280 g/mol. The van der Waals surface area contributed by atoms with E-state index in [0.717, 1.165) is 0 Å². The monoisotopic (exact) mass is 290 g/mol. The van der Waals surface area contributed by atoms with Gasteiger partial charge in [0.05, 0.1) is 9.85 Å². The Balaban J connectivity index is 2.54. The van der Waals surface area contributed by atoms with Gasteiger partial charge in [-0.25, -0.2) is 0 Å². The average molecular weight is 290 g/mol. The molecule has 0 aliphatic heterocycles. The lowest BCUT2D eigenvalue weighted by Crippen LogP contribution is -2.01. The van der Waals surface area contributed by atoms with Crippen molar-refractivity contribution in [2.24, 2.45) is 0 Å². The predicted molar refractivity (Wildman–Crippen MR) is 75.1 cm³/mol. The molecule has 0 amide bonds. The van der Waals surface area contributed by atoms with E-state index in [0.29, 0.717) is 0 Å². The number of nitrogen functional groups attached to an aromatic ring is 2. The van der Waals surface area contributed by atoms with Crippen LogP contribution >= 0.6 is 0 Å². The molecule has 0 aliphatic rings. The van der Waals surface area contributed by atoms with Crippen LogP contribution in [0.2, 0.25) is 0 Å².